The lowest BCUT2D eigenvalue weighted by Crippen LogP contribution is -2.46. The molecule has 0 radical (unpaired) electrons. The van der Waals surface area contributed by atoms with Crippen molar-refractivity contribution in [2.24, 2.45) is 5.92 Å². The van der Waals surface area contributed by atoms with Gasteiger partial charge in [0, 0.05) is 36.9 Å². The van der Waals surface area contributed by atoms with E-state index in [1.165, 1.54) is 0 Å². The zero-order valence-electron chi connectivity index (χ0n) is 12.7. The summed E-state index contributed by atoms with van der Waals surface area (Å²) in [6, 6.07) is 4.60. The van der Waals surface area contributed by atoms with E-state index in [0.717, 1.165) is 24.9 Å². The molecule has 2 heterocycles. The van der Waals surface area contributed by atoms with Gasteiger partial charge in [-0.3, -0.25) is 9.78 Å². The lowest BCUT2D eigenvalue weighted by atomic mass is 9.91. The van der Waals surface area contributed by atoms with Crippen LogP contribution in [0.1, 0.15) is 39.2 Å². The van der Waals surface area contributed by atoms with Crippen LogP contribution in [-0.2, 0) is 11.3 Å². The Bertz CT molecular complexity index is 433. The second-order valence-electron chi connectivity index (χ2n) is 6.00. The number of nitrogens with zero attached hydrogens (tertiary/aromatic N) is 2. The molecule has 4 heteroatoms. The minimum absolute atomic E-state index is 0.158. The minimum Gasteiger partial charge on any atom is -0.336 e. The Morgan fingerprint density at radius 3 is 2.95 bits per heavy atom. The van der Waals surface area contributed by atoms with Crippen molar-refractivity contribution in [3.8, 4) is 0 Å². The van der Waals surface area contributed by atoms with E-state index in [9.17, 15) is 4.79 Å². The van der Waals surface area contributed by atoms with E-state index in [2.05, 4.69) is 31.1 Å². The molecule has 1 fully saturated rings. The molecule has 1 N–H and O–H groups in total. The Morgan fingerprint density at radius 2 is 2.35 bits per heavy atom. The fraction of sp³-hybridized carbons (Fsp3) is 0.625. The summed E-state index contributed by atoms with van der Waals surface area (Å²) in [6.07, 6.45) is 5.49. The maximum absolute atomic E-state index is 12.8. The van der Waals surface area contributed by atoms with Crippen LogP contribution >= 0.6 is 0 Å². The highest BCUT2D eigenvalue weighted by atomic mass is 16.2. The summed E-state index contributed by atoms with van der Waals surface area (Å²) in [5.74, 6) is 0.447. The van der Waals surface area contributed by atoms with Gasteiger partial charge in [0.05, 0.1) is 0 Å². The quantitative estimate of drug-likeness (QED) is 0.916. The van der Waals surface area contributed by atoms with Crippen LogP contribution in [0.15, 0.2) is 24.5 Å². The number of hydrogen-bond acceptors (Lipinski definition) is 3. The molecule has 0 bridgehead atoms. The number of amides is 1. The number of hydrogen-bond donors (Lipinski definition) is 1. The molecule has 0 aliphatic carbocycles. The lowest BCUT2D eigenvalue weighted by Gasteiger charge is -2.34. The highest BCUT2D eigenvalue weighted by Gasteiger charge is 2.29. The van der Waals surface area contributed by atoms with E-state index < -0.39 is 0 Å². The van der Waals surface area contributed by atoms with Crippen LogP contribution in [0, 0.1) is 5.92 Å². The van der Waals surface area contributed by atoms with Crippen LogP contribution in [-0.4, -0.2) is 34.4 Å². The molecule has 1 amide bonds. The Morgan fingerprint density at radius 1 is 1.55 bits per heavy atom. The maximum atomic E-state index is 12.8. The Balaban J connectivity index is 2.06. The van der Waals surface area contributed by atoms with Crippen LogP contribution in [0.25, 0.3) is 0 Å². The van der Waals surface area contributed by atoms with Crippen molar-refractivity contribution in [2.75, 3.05) is 6.54 Å². The molecule has 0 aromatic carbocycles. The Hall–Kier alpha value is -1.42. The SMILES string of the molecule is CC1CC(C(=O)N(Cc2cccnc2)C(C)C)CCN1. The van der Waals surface area contributed by atoms with Gasteiger partial charge in [0.2, 0.25) is 5.91 Å². The Kier molecular flexibility index (Phi) is 5.12. The van der Waals surface area contributed by atoms with Gasteiger partial charge in [-0.25, -0.2) is 0 Å². The third-order valence-electron chi connectivity index (χ3n) is 3.96. The van der Waals surface area contributed by atoms with E-state index in [1.54, 1.807) is 6.20 Å². The van der Waals surface area contributed by atoms with E-state index in [1.807, 2.05) is 23.2 Å². The number of aromatic nitrogens is 1. The van der Waals surface area contributed by atoms with Crippen LogP contribution in [0.4, 0.5) is 0 Å². The monoisotopic (exact) mass is 275 g/mol. The van der Waals surface area contributed by atoms with Gasteiger partial charge in [0.25, 0.3) is 0 Å². The summed E-state index contributed by atoms with van der Waals surface area (Å²) in [4.78, 5) is 18.9. The summed E-state index contributed by atoms with van der Waals surface area (Å²) in [5.41, 5.74) is 1.09. The smallest absolute Gasteiger partial charge is 0.226 e. The van der Waals surface area contributed by atoms with Crippen molar-refractivity contribution >= 4 is 5.91 Å². The van der Waals surface area contributed by atoms with Crippen LogP contribution in [0.5, 0.6) is 0 Å². The van der Waals surface area contributed by atoms with E-state index >= 15 is 0 Å². The zero-order valence-corrected chi connectivity index (χ0v) is 12.7. The van der Waals surface area contributed by atoms with Crippen molar-refractivity contribution < 1.29 is 4.79 Å². The fourth-order valence-corrected chi connectivity index (χ4v) is 2.79. The third kappa shape index (κ3) is 3.79. The summed E-state index contributed by atoms with van der Waals surface area (Å²) < 4.78 is 0. The number of rotatable bonds is 4. The molecule has 4 nitrogen and oxygen atoms in total. The molecule has 2 unspecified atom stereocenters. The average Bonchev–Trinajstić information content (AvgIpc) is 2.45. The van der Waals surface area contributed by atoms with Crippen LogP contribution < -0.4 is 5.32 Å². The molecule has 110 valence electrons. The molecule has 0 saturated carbocycles. The molecule has 1 aliphatic heterocycles. The highest BCUT2D eigenvalue weighted by molar-refractivity contribution is 5.79. The van der Waals surface area contributed by atoms with E-state index in [4.69, 9.17) is 0 Å². The number of carbonyl (C=O) groups is 1. The van der Waals surface area contributed by atoms with E-state index in [-0.39, 0.29) is 17.9 Å². The Labute approximate surface area is 121 Å². The molecule has 1 aliphatic rings. The van der Waals surface area contributed by atoms with E-state index in [0.29, 0.717) is 12.6 Å². The van der Waals surface area contributed by atoms with Gasteiger partial charge in [-0.05, 0) is 51.8 Å². The first-order chi connectivity index (χ1) is 9.58. The van der Waals surface area contributed by atoms with Gasteiger partial charge in [0.15, 0.2) is 0 Å². The lowest BCUT2D eigenvalue weighted by molar-refractivity contribution is -0.139. The molecule has 2 rings (SSSR count). The second-order valence-corrected chi connectivity index (χ2v) is 6.00. The van der Waals surface area contributed by atoms with Crippen molar-refractivity contribution in [3.05, 3.63) is 30.1 Å². The summed E-state index contributed by atoms with van der Waals surface area (Å²) >= 11 is 0. The second kappa shape index (κ2) is 6.84. The van der Waals surface area contributed by atoms with Gasteiger partial charge in [-0.1, -0.05) is 6.07 Å². The van der Waals surface area contributed by atoms with Crippen molar-refractivity contribution in [2.45, 2.75) is 52.2 Å². The molecule has 0 spiro atoms. The highest BCUT2D eigenvalue weighted by Crippen LogP contribution is 2.21. The first-order valence-corrected chi connectivity index (χ1v) is 7.50. The minimum atomic E-state index is 0.158. The van der Waals surface area contributed by atoms with Crippen molar-refractivity contribution in [1.29, 1.82) is 0 Å². The first-order valence-electron chi connectivity index (χ1n) is 7.50. The normalized spacial score (nSPS) is 22.8. The average molecular weight is 275 g/mol. The standard InChI is InChI=1S/C16H25N3O/c1-12(2)19(11-14-5-4-7-17-10-14)16(20)15-6-8-18-13(3)9-15/h4-5,7,10,12-13,15,18H,6,8-9,11H2,1-3H3. The number of pyridine rings is 1. The molecule has 1 aromatic heterocycles. The molecular formula is C16H25N3O. The van der Waals surface area contributed by atoms with Crippen LogP contribution in [0.2, 0.25) is 0 Å². The van der Waals surface area contributed by atoms with Crippen LogP contribution in [0.3, 0.4) is 0 Å². The zero-order chi connectivity index (χ0) is 14.5. The number of nitrogens with one attached hydrogen (secondary N) is 1. The summed E-state index contributed by atoms with van der Waals surface area (Å²) in [6.45, 7) is 7.91. The first kappa shape index (κ1) is 15.0. The van der Waals surface area contributed by atoms with Gasteiger partial charge < -0.3 is 10.2 Å². The van der Waals surface area contributed by atoms with Gasteiger partial charge in [-0.15, -0.1) is 0 Å². The largest absolute Gasteiger partial charge is 0.336 e. The topological polar surface area (TPSA) is 45.2 Å². The predicted molar refractivity (Wildman–Crippen MR) is 80.1 cm³/mol. The molecular weight excluding hydrogens is 250 g/mol. The predicted octanol–water partition coefficient (Wildman–Crippen LogP) is 2.21. The summed E-state index contributed by atoms with van der Waals surface area (Å²) in [7, 11) is 0. The molecule has 20 heavy (non-hydrogen) atoms. The number of piperidine rings is 1. The molecule has 1 saturated heterocycles. The van der Waals surface area contributed by atoms with Gasteiger partial charge in [-0.2, -0.15) is 0 Å². The van der Waals surface area contributed by atoms with Gasteiger partial charge in [0.1, 0.15) is 0 Å². The number of carbonyl (C=O) groups excluding carboxylic acids is 1. The van der Waals surface area contributed by atoms with Crippen molar-refractivity contribution in [3.63, 3.8) is 0 Å². The molecule has 1 aromatic rings. The molecule has 2 atom stereocenters. The van der Waals surface area contributed by atoms with Crippen molar-refractivity contribution in [1.82, 2.24) is 15.2 Å². The third-order valence-corrected chi connectivity index (χ3v) is 3.96. The fourth-order valence-electron chi connectivity index (χ4n) is 2.79. The summed E-state index contributed by atoms with van der Waals surface area (Å²) in [5, 5.41) is 3.40. The maximum Gasteiger partial charge on any atom is 0.226 e. The van der Waals surface area contributed by atoms with Gasteiger partial charge >= 0.3 is 0 Å².